The number of methoxy groups -OCH3 is 1. The van der Waals surface area contributed by atoms with Crippen LogP contribution in [-0.2, 0) is 9.53 Å². The van der Waals surface area contributed by atoms with Crippen LogP contribution < -0.4 is 4.74 Å². The molecule has 0 fully saturated rings. The zero-order chi connectivity index (χ0) is 15.0. The molecule has 0 atom stereocenters. The molecule has 0 aliphatic rings. The lowest BCUT2D eigenvalue weighted by Gasteiger charge is -2.08. The normalized spacial score (nSPS) is 10.1. The number of unbranched alkanes of at least 4 members (excludes halogenated alkanes) is 2. The summed E-state index contributed by atoms with van der Waals surface area (Å²) in [5.41, 5.74) is -0.146. The van der Waals surface area contributed by atoms with Crippen LogP contribution in [0.25, 0.3) is 0 Å². The number of nitro benzene ring substituents is 1. The fourth-order valence-electron chi connectivity index (χ4n) is 1.61. The molecular formula is C13H16ClNO5. The van der Waals surface area contributed by atoms with Crippen molar-refractivity contribution in [2.75, 3.05) is 13.7 Å². The van der Waals surface area contributed by atoms with E-state index in [2.05, 4.69) is 4.74 Å². The molecule has 6 nitrogen and oxygen atoms in total. The molecule has 0 N–H and O–H groups in total. The summed E-state index contributed by atoms with van der Waals surface area (Å²) in [6.45, 7) is 0.311. The van der Waals surface area contributed by atoms with E-state index in [1.54, 1.807) is 6.07 Å². The number of benzene rings is 1. The molecule has 0 aliphatic heterocycles. The molecule has 1 rings (SSSR count). The van der Waals surface area contributed by atoms with Crippen molar-refractivity contribution >= 4 is 23.3 Å². The number of carbonyl (C=O) groups excluding carboxylic acids is 1. The molecule has 7 heteroatoms. The van der Waals surface area contributed by atoms with Crippen molar-refractivity contribution in [3.05, 3.63) is 33.3 Å². The van der Waals surface area contributed by atoms with Gasteiger partial charge in [-0.3, -0.25) is 14.9 Å². The van der Waals surface area contributed by atoms with E-state index in [1.807, 2.05) is 0 Å². The van der Waals surface area contributed by atoms with Gasteiger partial charge in [0.15, 0.2) is 0 Å². The van der Waals surface area contributed by atoms with Crippen LogP contribution in [-0.4, -0.2) is 24.6 Å². The van der Waals surface area contributed by atoms with Crippen LogP contribution in [0.5, 0.6) is 5.75 Å². The number of para-hydroxylation sites is 1. The Bertz CT molecular complexity index is 478. The van der Waals surface area contributed by atoms with Gasteiger partial charge in [-0.2, -0.15) is 0 Å². The Morgan fingerprint density at radius 2 is 2.10 bits per heavy atom. The number of rotatable bonds is 8. The van der Waals surface area contributed by atoms with E-state index in [9.17, 15) is 14.9 Å². The van der Waals surface area contributed by atoms with Crippen molar-refractivity contribution in [3.8, 4) is 5.75 Å². The van der Waals surface area contributed by atoms with Crippen LogP contribution in [0.3, 0.4) is 0 Å². The molecule has 0 radical (unpaired) electrons. The monoisotopic (exact) mass is 301 g/mol. The van der Waals surface area contributed by atoms with Gasteiger partial charge < -0.3 is 9.47 Å². The Balaban J connectivity index is 2.39. The van der Waals surface area contributed by atoms with Crippen LogP contribution in [0.1, 0.15) is 25.7 Å². The summed E-state index contributed by atoms with van der Waals surface area (Å²) in [6, 6.07) is 4.39. The third-order valence-corrected chi connectivity index (χ3v) is 2.94. The van der Waals surface area contributed by atoms with Crippen molar-refractivity contribution in [2.45, 2.75) is 25.7 Å². The number of nitrogens with zero attached hydrogens (tertiary/aromatic N) is 1. The Morgan fingerprint density at radius 1 is 1.35 bits per heavy atom. The smallest absolute Gasteiger partial charge is 0.312 e. The standard InChI is InChI=1S/C13H16ClNO5/c1-19-12(16)8-3-2-4-9-20-13-10(14)6-5-7-11(13)15(17)18/h5-7H,2-4,8-9H2,1H3. The first kappa shape index (κ1) is 16.2. The number of carbonyl (C=O) groups is 1. The van der Waals surface area contributed by atoms with Crippen LogP contribution in [0.15, 0.2) is 18.2 Å². The molecule has 0 aromatic heterocycles. The van der Waals surface area contributed by atoms with Crippen molar-refractivity contribution in [3.63, 3.8) is 0 Å². The summed E-state index contributed by atoms with van der Waals surface area (Å²) < 4.78 is 9.89. The van der Waals surface area contributed by atoms with Crippen LogP contribution in [0, 0.1) is 10.1 Å². The first-order chi connectivity index (χ1) is 9.56. The molecule has 0 unspecified atom stereocenters. The predicted octanol–water partition coefficient (Wildman–Crippen LogP) is 3.36. The highest BCUT2D eigenvalue weighted by molar-refractivity contribution is 6.32. The molecule has 20 heavy (non-hydrogen) atoms. The van der Waals surface area contributed by atoms with Crippen molar-refractivity contribution in [1.82, 2.24) is 0 Å². The Kier molecular flexibility index (Phi) is 6.79. The first-order valence-electron chi connectivity index (χ1n) is 6.18. The topological polar surface area (TPSA) is 78.7 Å². The third-order valence-electron chi connectivity index (χ3n) is 2.64. The molecule has 0 aliphatic carbocycles. The molecular weight excluding hydrogens is 286 g/mol. The fraction of sp³-hybridized carbons (Fsp3) is 0.462. The van der Waals surface area contributed by atoms with Gasteiger partial charge in [-0.05, 0) is 25.3 Å². The minimum atomic E-state index is -0.529. The molecule has 0 heterocycles. The first-order valence-corrected chi connectivity index (χ1v) is 6.56. The maximum Gasteiger partial charge on any atom is 0.312 e. The Labute approximate surface area is 121 Å². The van der Waals surface area contributed by atoms with Gasteiger partial charge in [-0.1, -0.05) is 17.7 Å². The van der Waals surface area contributed by atoms with E-state index in [4.69, 9.17) is 16.3 Å². The summed E-state index contributed by atoms with van der Waals surface area (Å²) in [7, 11) is 1.35. The second-order valence-corrected chi connectivity index (χ2v) is 4.49. The molecule has 0 spiro atoms. The molecule has 110 valence electrons. The van der Waals surface area contributed by atoms with E-state index >= 15 is 0 Å². The summed E-state index contributed by atoms with van der Waals surface area (Å²) in [4.78, 5) is 21.2. The average molecular weight is 302 g/mol. The highest BCUT2D eigenvalue weighted by atomic mass is 35.5. The van der Waals surface area contributed by atoms with Gasteiger partial charge in [0.25, 0.3) is 0 Å². The lowest BCUT2D eigenvalue weighted by atomic mass is 10.2. The van der Waals surface area contributed by atoms with E-state index in [-0.39, 0.29) is 22.4 Å². The second kappa shape index (κ2) is 8.37. The number of esters is 1. The van der Waals surface area contributed by atoms with E-state index < -0.39 is 4.92 Å². The zero-order valence-electron chi connectivity index (χ0n) is 11.1. The Hall–Kier alpha value is -1.82. The molecule has 0 saturated heterocycles. The van der Waals surface area contributed by atoms with Gasteiger partial charge in [0.1, 0.15) is 0 Å². The van der Waals surface area contributed by atoms with Gasteiger partial charge in [0.2, 0.25) is 5.75 Å². The van der Waals surface area contributed by atoms with E-state index in [0.717, 1.165) is 6.42 Å². The number of hydrogen-bond donors (Lipinski definition) is 0. The van der Waals surface area contributed by atoms with E-state index in [1.165, 1.54) is 19.2 Å². The van der Waals surface area contributed by atoms with Gasteiger partial charge in [-0.15, -0.1) is 0 Å². The van der Waals surface area contributed by atoms with Crippen LogP contribution in [0.4, 0.5) is 5.69 Å². The quantitative estimate of drug-likeness (QED) is 0.318. The van der Waals surface area contributed by atoms with Crippen molar-refractivity contribution in [1.29, 1.82) is 0 Å². The number of ether oxygens (including phenoxy) is 2. The molecule has 0 amide bonds. The molecule has 1 aromatic rings. The molecule has 0 bridgehead atoms. The van der Waals surface area contributed by atoms with Crippen LogP contribution in [0.2, 0.25) is 5.02 Å². The van der Waals surface area contributed by atoms with E-state index in [0.29, 0.717) is 25.9 Å². The van der Waals surface area contributed by atoms with Gasteiger partial charge in [0.05, 0.1) is 23.7 Å². The maximum absolute atomic E-state index is 10.9. The Morgan fingerprint density at radius 3 is 2.75 bits per heavy atom. The highest BCUT2D eigenvalue weighted by Crippen LogP contribution is 2.34. The van der Waals surface area contributed by atoms with Crippen molar-refractivity contribution in [2.24, 2.45) is 0 Å². The van der Waals surface area contributed by atoms with Gasteiger partial charge >= 0.3 is 11.7 Å². The lowest BCUT2D eigenvalue weighted by Crippen LogP contribution is -2.03. The lowest BCUT2D eigenvalue weighted by molar-refractivity contribution is -0.385. The SMILES string of the molecule is COC(=O)CCCCCOc1c(Cl)cccc1[N+](=O)[O-]. The maximum atomic E-state index is 10.9. The van der Waals surface area contributed by atoms with Gasteiger partial charge in [-0.25, -0.2) is 0 Å². The zero-order valence-corrected chi connectivity index (χ0v) is 11.9. The number of halogens is 1. The van der Waals surface area contributed by atoms with Crippen molar-refractivity contribution < 1.29 is 19.2 Å². The third kappa shape index (κ3) is 5.05. The average Bonchev–Trinajstić information content (AvgIpc) is 2.43. The number of nitro groups is 1. The van der Waals surface area contributed by atoms with Crippen LogP contribution >= 0.6 is 11.6 Å². The summed E-state index contributed by atoms with van der Waals surface area (Å²) >= 11 is 5.88. The molecule has 1 aromatic carbocycles. The van der Waals surface area contributed by atoms with Gasteiger partial charge in [0, 0.05) is 12.5 Å². The largest absolute Gasteiger partial charge is 0.486 e. The summed E-state index contributed by atoms with van der Waals surface area (Å²) in [5.74, 6) is -0.153. The fourth-order valence-corrected chi connectivity index (χ4v) is 1.83. The minimum Gasteiger partial charge on any atom is -0.486 e. The predicted molar refractivity (Wildman–Crippen MR) is 74.1 cm³/mol. The summed E-state index contributed by atoms with van der Waals surface area (Å²) in [5, 5.41) is 11.0. The number of hydrogen-bond acceptors (Lipinski definition) is 5. The second-order valence-electron chi connectivity index (χ2n) is 4.08. The minimum absolute atomic E-state index is 0.0899. The highest BCUT2D eigenvalue weighted by Gasteiger charge is 2.17. The molecule has 0 saturated carbocycles. The summed E-state index contributed by atoms with van der Waals surface area (Å²) in [6.07, 6.45) is 2.51.